The van der Waals surface area contributed by atoms with Crippen LogP contribution in [0.15, 0.2) is 4.99 Å². The van der Waals surface area contributed by atoms with Crippen LogP contribution < -0.4 is 10.6 Å². The summed E-state index contributed by atoms with van der Waals surface area (Å²) in [6, 6.07) is 0. The molecule has 2 N–H and O–H groups in total. The first kappa shape index (κ1) is 12.6. The smallest absolute Gasteiger partial charge is 0.191 e. The van der Waals surface area contributed by atoms with Crippen molar-refractivity contribution in [1.82, 2.24) is 10.6 Å². The molecule has 2 aliphatic rings. The monoisotopic (exact) mass is 241 g/mol. The van der Waals surface area contributed by atoms with Crippen molar-refractivity contribution in [3.8, 4) is 0 Å². The third-order valence-electron chi connectivity index (χ3n) is 3.48. The number of guanidine groups is 1. The third kappa shape index (κ3) is 3.10. The highest BCUT2D eigenvalue weighted by Crippen LogP contribution is 2.21. The lowest BCUT2D eigenvalue weighted by Gasteiger charge is -2.32. The molecule has 0 saturated carbocycles. The number of hydrogen-bond donors (Lipinski definition) is 2. The van der Waals surface area contributed by atoms with E-state index in [9.17, 15) is 0 Å². The molecule has 0 bridgehead atoms. The van der Waals surface area contributed by atoms with Gasteiger partial charge in [-0.05, 0) is 0 Å². The van der Waals surface area contributed by atoms with Crippen molar-refractivity contribution in [1.29, 1.82) is 0 Å². The lowest BCUT2D eigenvalue weighted by atomic mass is 9.93. The Morgan fingerprint density at radius 3 is 2.88 bits per heavy atom. The summed E-state index contributed by atoms with van der Waals surface area (Å²) in [6.45, 7) is 8.42. The van der Waals surface area contributed by atoms with E-state index >= 15 is 0 Å². The van der Waals surface area contributed by atoms with Crippen molar-refractivity contribution >= 4 is 5.96 Å². The van der Waals surface area contributed by atoms with Crippen LogP contribution in [0.2, 0.25) is 0 Å². The molecule has 1 unspecified atom stereocenters. The quantitative estimate of drug-likeness (QED) is 0.749. The molecule has 0 radical (unpaired) electrons. The van der Waals surface area contributed by atoms with E-state index in [4.69, 9.17) is 9.47 Å². The van der Waals surface area contributed by atoms with Gasteiger partial charge in [-0.25, -0.2) is 0 Å². The van der Waals surface area contributed by atoms with Gasteiger partial charge in [-0.15, -0.1) is 0 Å². The van der Waals surface area contributed by atoms with Crippen LogP contribution in [0.25, 0.3) is 0 Å². The first-order valence-electron chi connectivity index (χ1n) is 6.20. The van der Waals surface area contributed by atoms with Crippen LogP contribution in [-0.4, -0.2) is 51.5 Å². The van der Waals surface area contributed by atoms with E-state index in [-0.39, 0.29) is 11.0 Å². The molecule has 0 aromatic carbocycles. The van der Waals surface area contributed by atoms with E-state index in [2.05, 4.69) is 29.5 Å². The molecule has 17 heavy (non-hydrogen) atoms. The molecule has 0 aromatic heterocycles. The number of nitrogens with zero attached hydrogens (tertiary/aromatic N) is 1. The molecule has 2 rings (SSSR count). The Labute approximate surface area is 103 Å². The van der Waals surface area contributed by atoms with Gasteiger partial charge in [0.25, 0.3) is 0 Å². The summed E-state index contributed by atoms with van der Waals surface area (Å²) in [5, 5.41) is 6.64. The van der Waals surface area contributed by atoms with E-state index in [1.54, 1.807) is 7.11 Å². The molecule has 2 aliphatic heterocycles. The average Bonchev–Trinajstić information content (AvgIpc) is 2.77. The number of methoxy groups -OCH3 is 1. The minimum atomic E-state index is -0.183. The Morgan fingerprint density at radius 2 is 2.35 bits per heavy atom. The van der Waals surface area contributed by atoms with E-state index in [0.29, 0.717) is 6.61 Å². The predicted octanol–water partition coefficient (Wildman–Crippen LogP) is 0.367. The second kappa shape index (κ2) is 4.82. The average molecular weight is 241 g/mol. The summed E-state index contributed by atoms with van der Waals surface area (Å²) in [7, 11) is 1.75. The van der Waals surface area contributed by atoms with Crippen LogP contribution in [-0.2, 0) is 9.47 Å². The standard InChI is InChI=1S/C12H23N3O2/c1-11(2)6-13-10(14-7-11)15-8-12(16-3)4-5-17-9-12/h4-9H2,1-3H3,(H2,13,14,15). The summed E-state index contributed by atoms with van der Waals surface area (Å²) in [4.78, 5) is 4.51. The number of ether oxygens (including phenoxy) is 2. The molecule has 1 atom stereocenters. The maximum Gasteiger partial charge on any atom is 0.191 e. The zero-order valence-corrected chi connectivity index (χ0v) is 11.0. The van der Waals surface area contributed by atoms with E-state index in [1.807, 2.05) is 0 Å². The minimum absolute atomic E-state index is 0.183. The predicted molar refractivity (Wildman–Crippen MR) is 67.3 cm³/mol. The Kier molecular flexibility index (Phi) is 3.58. The number of aliphatic imine (C=N–C) groups is 1. The number of rotatable bonds is 3. The maximum atomic E-state index is 5.56. The molecule has 1 saturated heterocycles. The zero-order valence-electron chi connectivity index (χ0n) is 11.0. The fourth-order valence-electron chi connectivity index (χ4n) is 2.05. The zero-order chi connectivity index (χ0) is 12.4. The third-order valence-corrected chi connectivity index (χ3v) is 3.48. The van der Waals surface area contributed by atoms with Crippen LogP contribution in [0.5, 0.6) is 0 Å². The lowest BCUT2D eigenvalue weighted by molar-refractivity contribution is -0.0128. The topological polar surface area (TPSA) is 54.9 Å². The number of nitrogens with one attached hydrogen (secondary N) is 2. The fourth-order valence-corrected chi connectivity index (χ4v) is 2.05. The lowest BCUT2D eigenvalue weighted by Crippen LogP contribution is -2.52. The van der Waals surface area contributed by atoms with Crippen molar-refractivity contribution in [3.63, 3.8) is 0 Å². The highest BCUT2D eigenvalue weighted by Gasteiger charge is 2.35. The summed E-state index contributed by atoms with van der Waals surface area (Å²) in [5.74, 6) is 0.882. The Hall–Kier alpha value is -0.810. The van der Waals surface area contributed by atoms with Gasteiger partial charge in [0.1, 0.15) is 5.60 Å². The van der Waals surface area contributed by atoms with Gasteiger partial charge in [-0.1, -0.05) is 13.8 Å². The van der Waals surface area contributed by atoms with Crippen molar-refractivity contribution in [3.05, 3.63) is 0 Å². The van der Waals surface area contributed by atoms with Crippen LogP contribution >= 0.6 is 0 Å². The molecule has 5 heteroatoms. The van der Waals surface area contributed by atoms with Crippen molar-refractivity contribution < 1.29 is 9.47 Å². The van der Waals surface area contributed by atoms with Gasteiger partial charge < -0.3 is 20.1 Å². The van der Waals surface area contributed by atoms with Gasteiger partial charge in [-0.2, -0.15) is 0 Å². The highest BCUT2D eigenvalue weighted by atomic mass is 16.5. The van der Waals surface area contributed by atoms with Crippen LogP contribution in [0, 0.1) is 5.41 Å². The molecule has 0 spiro atoms. The van der Waals surface area contributed by atoms with Crippen LogP contribution in [0.1, 0.15) is 20.3 Å². The minimum Gasteiger partial charge on any atom is -0.378 e. The van der Waals surface area contributed by atoms with E-state index < -0.39 is 0 Å². The van der Waals surface area contributed by atoms with Gasteiger partial charge >= 0.3 is 0 Å². The highest BCUT2D eigenvalue weighted by molar-refractivity contribution is 5.80. The fraction of sp³-hybridized carbons (Fsp3) is 0.917. The molecular formula is C12H23N3O2. The summed E-state index contributed by atoms with van der Waals surface area (Å²) < 4.78 is 11.0. The molecule has 2 heterocycles. The molecule has 0 amide bonds. The first-order chi connectivity index (χ1) is 8.05. The Morgan fingerprint density at radius 1 is 1.53 bits per heavy atom. The van der Waals surface area contributed by atoms with Gasteiger partial charge in [0.15, 0.2) is 5.96 Å². The van der Waals surface area contributed by atoms with Crippen LogP contribution in [0.4, 0.5) is 0 Å². The van der Waals surface area contributed by atoms with E-state index in [1.165, 1.54) is 0 Å². The van der Waals surface area contributed by atoms with Crippen LogP contribution in [0.3, 0.4) is 0 Å². The first-order valence-corrected chi connectivity index (χ1v) is 6.20. The summed E-state index contributed by atoms with van der Waals surface area (Å²) >= 11 is 0. The van der Waals surface area contributed by atoms with Gasteiger partial charge in [0.05, 0.1) is 6.61 Å². The van der Waals surface area contributed by atoms with Gasteiger partial charge in [-0.3, -0.25) is 4.99 Å². The van der Waals surface area contributed by atoms with E-state index in [0.717, 1.165) is 38.6 Å². The molecule has 0 aliphatic carbocycles. The molecule has 0 aromatic rings. The van der Waals surface area contributed by atoms with Crippen molar-refractivity contribution in [2.45, 2.75) is 25.9 Å². The summed E-state index contributed by atoms with van der Waals surface area (Å²) in [6.07, 6.45) is 0.940. The second-order valence-electron chi connectivity index (χ2n) is 5.73. The SMILES string of the molecule is COC1(CNC2=NCC(C)(C)CN2)CCOC1. The number of hydrogen-bond acceptors (Lipinski definition) is 5. The van der Waals surface area contributed by atoms with Gasteiger partial charge in [0.2, 0.25) is 0 Å². The Bertz CT molecular complexity index is 296. The van der Waals surface area contributed by atoms with Gasteiger partial charge in [0, 0.05) is 45.2 Å². The Balaban J connectivity index is 1.84. The molecule has 1 fully saturated rings. The van der Waals surface area contributed by atoms with Crippen molar-refractivity contribution in [2.24, 2.45) is 10.4 Å². The normalized spacial score (nSPS) is 31.8. The summed E-state index contributed by atoms with van der Waals surface area (Å²) in [5.41, 5.74) is 0.0672. The molecular weight excluding hydrogens is 218 g/mol. The molecule has 5 nitrogen and oxygen atoms in total. The maximum absolute atomic E-state index is 5.56. The molecule has 98 valence electrons. The van der Waals surface area contributed by atoms with Crippen molar-refractivity contribution in [2.75, 3.05) is 40.0 Å². The largest absolute Gasteiger partial charge is 0.378 e. The second-order valence-corrected chi connectivity index (χ2v) is 5.73.